The van der Waals surface area contributed by atoms with Gasteiger partial charge in [-0.15, -0.1) is 0 Å². The smallest absolute Gasteiger partial charge is 0.388 e. The number of esters is 1. The summed E-state index contributed by atoms with van der Waals surface area (Å²) in [7, 11) is 0. The molecular formula is C27H35F2N3O4. The number of pyridine rings is 1. The summed E-state index contributed by atoms with van der Waals surface area (Å²) >= 11 is 0. The standard InChI is InChI=1S/C27H35F2N3O4/c1-17(2)19-9-7-8-10-20(19)27(15-32(16-27)14-13-22(33)36-26(4,5)6)24(34)31-21-12-11-18(3)30-23(21)35-25(28)29/h7-12,17,25H,13-16H2,1-6H3,(H,31,34). The van der Waals surface area contributed by atoms with Gasteiger partial charge in [0.25, 0.3) is 0 Å². The van der Waals surface area contributed by atoms with E-state index in [-0.39, 0.29) is 35.8 Å². The molecule has 9 heteroatoms. The van der Waals surface area contributed by atoms with E-state index >= 15 is 0 Å². The lowest BCUT2D eigenvalue weighted by Gasteiger charge is -2.50. The highest BCUT2D eigenvalue weighted by molar-refractivity contribution is 6.01. The number of halogens is 2. The number of likely N-dealkylation sites (tertiary alicyclic amines) is 1. The summed E-state index contributed by atoms with van der Waals surface area (Å²) < 4.78 is 35.9. The highest BCUT2D eigenvalue weighted by Crippen LogP contribution is 2.40. The lowest BCUT2D eigenvalue weighted by molar-refractivity contribution is -0.155. The molecule has 2 aromatic rings. The van der Waals surface area contributed by atoms with Crippen LogP contribution in [0.4, 0.5) is 14.5 Å². The van der Waals surface area contributed by atoms with E-state index in [4.69, 9.17) is 4.74 Å². The number of benzene rings is 1. The number of rotatable bonds is 9. The van der Waals surface area contributed by atoms with Crippen LogP contribution < -0.4 is 10.1 Å². The van der Waals surface area contributed by atoms with Crippen LogP contribution in [0.3, 0.4) is 0 Å². The van der Waals surface area contributed by atoms with Gasteiger partial charge in [-0.1, -0.05) is 38.1 Å². The van der Waals surface area contributed by atoms with E-state index in [1.807, 2.05) is 49.9 Å². The molecule has 2 heterocycles. The molecule has 0 aliphatic carbocycles. The van der Waals surface area contributed by atoms with E-state index in [2.05, 4.69) is 28.9 Å². The second kappa shape index (κ2) is 10.9. The van der Waals surface area contributed by atoms with Crippen molar-refractivity contribution < 1.29 is 27.8 Å². The van der Waals surface area contributed by atoms with Crippen molar-refractivity contribution in [1.29, 1.82) is 0 Å². The van der Waals surface area contributed by atoms with Crippen molar-refractivity contribution >= 4 is 17.6 Å². The minimum atomic E-state index is -3.07. The maximum atomic E-state index is 13.8. The van der Waals surface area contributed by atoms with Gasteiger partial charge in [0.1, 0.15) is 11.3 Å². The van der Waals surface area contributed by atoms with Crippen molar-refractivity contribution in [3.05, 3.63) is 53.2 Å². The first-order valence-corrected chi connectivity index (χ1v) is 12.1. The van der Waals surface area contributed by atoms with Crippen molar-refractivity contribution in [3.8, 4) is 5.88 Å². The number of nitrogens with zero attached hydrogens (tertiary/aromatic N) is 2. The summed E-state index contributed by atoms with van der Waals surface area (Å²) in [6.45, 7) is 9.33. The number of hydrogen-bond acceptors (Lipinski definition) is 6. The van der Waals surface area contributed by atoms with E-state index in [9.17, 15) is 18.4 Å². The van der Waals surface area contributed by atoms with Crippen LogP contribution in [0.25, 0.3) is 0 Å². The topological polar surface area (TPSA) is 80.8 Å². The highest BCUT2D eigenvalue weighted by atomic mass is 19.3. The molecule has 0 radical (unpaired) electrons. The van der Waals surface area contributed by atoms with Gasteiger partial charge in [0, 0.05) is 25.3 Å². The van der Waals surface area contributed by atoms with Gasteiger partial charge >= 0.3 is 12.6 Å². The highest BCUT2D eigenvalue weighted by Gasteiger charge is 2.51. The zero-order chi connectivity index (χ0) is 26.7. The first-order chi connectivity index (χ1) is 16.8. The minimum absolute atomic E-state index is 0.0829. The van der Waals surface area contributed by atoms with Gasteiger partial charge < -0.3 is 14.8 Å². The van der Waals surface area contributed by atoms with Crippen LogP contribution in [0, 0.1) is 6.92 Å². The second-order valence-electron chi connectivity index (χ2n) is 10.5. The van der Waals surface area contributed by atoms with E-state index < -0.39 is 17.6 Å². The zero-order valence-corrected chi connectivity index (χ0v) is 21.7. The van der Waals surface area contributed by atoms with Crippen LogP contribution in [0.1, 0.15) is 63.8 Å². The largest absolute Gasteiger partial charge is 0.460 e. The maximum absolute atomic E-state index is 13.8. The number of alkyl halides is 2. The lowest BCUT2D eigenvalue weighted by Crippen LogP contribution is -2.65. The van der Waals surface area contributed by atoms with Gasteiger partial charge in [-0.2, -0.15) is 8.78 Å². The van der Waals surface area contributed by atoms with Crippen LogP contribution in [-0.4, -0.2) is 53.6 Å². The Morgan fingerprint density at radius 1 is 1.14 bits per heavy atom. The fraction of sp³-hybridized carbons (Fsp3) is 0.519. The molecule has 0 spiro atoms. The van der Waals surface area contributed by atoms with Crippen molar-refractivity contribution in [2.24, 2.45) is 0 Å². The summed E-state index contributed by atoms with van der Waals surface area (Å²) in [5.41, 5.74) is 0.987. The number of carbonyl (C=O) groups excluding carboxylic acids is 2. The summed E-state index contributed by atoms with van der Waals surface area (Å²) in [5, 5.41) is 2.79. The van der Waals surface area contributed by atoms with Gasteiger partial charge in [-0.25, -0.2) is 4.98 Å². The Labute approximate surface area is 211 Å². The van der Waals surface area contributed by atoms with Crippen molar-refractivity contribution in [3.63, 3.8) is 0 Å². The Kier molecular flexibility index (Phi) is 8.33. The number of anilines is 1. The van der Waals surface area contributed by atoms with Gasteiger partial charge in [0.2, 0.25) is 11.8 Å². The molecule has 1 fully saturated rings. The molecule has 3 rings (SSSR count). The molecule has 1 N–H and O–H groups in total. The van der Waals surface area contributed by atoms with Crippen LogP contribution >= 0.6 is 0 Å². The third-order valence-corrected chi connectivity index (χ3v) is 6.02. The van der Waals surface area contributed by atoms with Crippen molar-refractivity contribution in [2.45, 2.75) is 71.5 Å². The van der Waals surface area contributed by atoms with E-state index in [1.165, 1.54) is 6.07 Å². The van der Waals surface area contributed by atoms with Crippen LogP contribution in [0.2, 0.25) is 0 Å². The molecule has 0 atom stereocenters. The van der Waals surface area contributed by atoms with Crippen LogP contribution in [0.15, 0.2) is 36.4 Å². The fourth-order valence-corrected chi connectivity index (χ4v) is 4.43. The monoisotopic (exact) mass is 503 g/mol. The first kappa shape index (κ1) is 27.5. The van der Waals surface area contributed by atoms with E-state index in [1.54, 1.807) is 13.0 Å². The van der Waals surface area contributed by atoms with E-state index in [0.717, 1.165) is 11.1 Å². The predicted molar refractivity (Wildman–Crippen MR) is 133 cm³/mol. The number of aryl methyl sites for hydroxylation is 1. The maximum Gasteiger partial charge on any atom is 0.388 e. The molecule has 196 valence electrons. The van der Waals surface area contributed by atoms with E-state index in [0.29, 0.717) is 25.3 Å². The summed E-state index contributed by atoms with van der Waals surface area (Å²) in [5.74, 6) is -0.798. The Morgan fingerprint density at radius 3 is 2.42 bits per heavy atom. The third kappa shape index (κ3) is 6.57. The number of aromatic nitrogens is 1. The Hall–Kier alpha value is -3.07. The SMILES string of the molecule is Cc1ccc(NC(=O)C2(c3ccccc3C(C)C)CN(CCC(=O)OC(C)(C)C)C2)c(OC(F)F)n1. The quantitative estimate of drug-likeness (QED) is 0.483. The van der Waals surface area contributed by atoms with Crippen molar-refractivity contribution in [1.82, 2.24) is 9.88 Å². The van der Waals surface area contributed by atoms with Crippen molar-refractivity contribution in [2.75, 3.05) is 25.0 Å². The fourth-order valence-electron chi connectivity index (χ4n) is 4.43. The van der Waals surface area contributed by atoms with Crippen LogP contribution in [0.5, 0.6) is 5.88 Å². The van der Waals surface area contributed by atoms with Crippen LogP contribution in [-0.2, 0) is 19.7 Å². The average Bonchev–Trinajstić information content (AvgIpc) is 2.73. The number of ether oxygens (including phenoxy) is 2. The zero-order valence-electron chi connectivity index (χ0n) is 21.7. The normalized spacial score (nSPS) is 15.5. The van der Waals surface area contributed by atoms with Gasteiger partial charge in [-0.3, -0.25) is 14.5 Å². The van der Waals surface area contributed by atoms with Gasteiger partial charge in [-0.05, 0) is 56.9 Å². The molecule has 36 heavy (non-hydrogen) atoms. The number of hydrogen-bond donors (Lipinski definition) is 1. The minimum Gasteiger partial charge on any atom is -0.460 e. The molecule has 1 aromatic heterocycles. The number of carbonyl (C=O) groups is 2. The summed E-state index contributed by atoms with van der Waals surface area (Å²) in [6, 6.07) is 10.9. The lowest BCUT2D eigenvalue weighted by atomic mass is 9.69. The predicted octanol–water partition coefficient (Wildman–Crippen LogP) is 5.04. The van der Waals surface area contributed by atoms with Gasteiger partial charge in [0.15, 0.2) is 0 Å². The Balaban J connectivity index is 1.86. The molecule has 1 saturated heterocycles. The summed E-state index contributed by atoms with van der Waals surface area (Å²) in [6.07, 6.45) is 0.203. The molecule has 0 unspecified atom stereocenters. The molecule has 7 nitrogen and oxygen atoms in total. The first-order valence-electron chi connectivity index (χ1n) is 12.1. The number of nitrogens with one attached hydrogen (secondary N) is 1. The molecule has 1 aliphatic rings. The van der Waals surface area contributed by atoms with Gasteiger partial charge in [0.05, 0.1) is 11.8 Å². The molecule has 1 aliphatic heterocycles. The molecule has 0 saturated carbocycles. The average molecular weight is 504 g/mol. The Morgan fingerprint density at radius 2 is 1.81 bits per heavy atom. The molecule has 1 aromatic carbocycles. The third-order valence-electron chi connectivity index (χ3n) is 6.02. The number of amides is 1. The second-order valence-corrected chi connectivity index (χ2v) is 10.5. The molecular weight excluding hydrogens is 468 g/mol. The molecule has 1 amide bonds. The molecule has 0 bridgehead atoms. The summed E-state index contributed by atoms with van der Waals surface area (Å²) in [4.78, 5) is 32.0. The Bertz CT molecular complexity index is 1090.